The highest BCUT2D eigenvalue weighted by Crippen LogP contribution is 2.33. The number of allylic oxidation sites excluding steroid dienone is 1. The number of aryl methyl sites for hydroxylation is 1. The monoisotopic (exact) mass is 349 g/mol. The van der Waals surface area contributed by atoms with E-state index in [-0.39, 0.29) is 0 Å². The fourth-order valence-corrected chi connectivity index (χ4v) is 3.71. The molecule has 1 nitrogen and oxygen atoms in total. The fourth-order valence-electron chi connectivity index (χ4n) is 3.71. The van der Waals surface area contributed by atoms with Crippen LogP contribution < -0.4 is 0 Å². The van der Waals surface area contributed by atoms with Crippen LogP contribution in [0.1, 0.15) is 23.7 Å². The first-order valence-corrected chi connectivity index (χ1v) is 9.29. The molecule has 0 saturated carbocycles. The maximum Gasteiger partial charge on any atom is 0.0543 e. The van der Waals surface area contributed by atoms with Crippen LogP contribution in [0, 0.1) is 6.92 Å². The number of nitrogens with zero attached hydrogens (tertiary/aromatic N) is 1. The summed E-state index contributed by atoms with van der Waals surface area (Å²) in [6.07, 6.45) is 6.22. The highest BCUT2D eigenvalue weighted by atomic mass is 15.0. The molecule has 132 valence electrons. The summed E-state index contributed by atoms with van der Waals surface area (Å²) >= 11 is 0. The lowest BCUT2D eigenvalue weighted by atomic mass is 10.1. The van der Waals surface area contributed by atoms with Crippen LogP contribution in [0.5, 0.6) is 0 Å². The molecule has 4 rings (SSSR count). The minimum atomic E-state index is 1.16. The summed E-state index contributed by atoms with van der Waals surface area (Å²) in [4.78, 5) is 0. The zero-order chi connectivity index (χ0) is 18.8. The van der Waals surface area contributed by atoms with Gasteiger partial charge >= 0.3 is 0 Å². The van der Waals surface area contributed by atoms with Gasteiger partial charge < -0.3 is 4.57 Å². The molecule has 0 spiro atoms. The molecule has 3 aromatic carbocycles. The van der Waals surface area contributed by atoms with Gasteiger partial charge in [-0.2, -0.15) is 0 Å². The smallest absolute Gasteiger partial charge is 0.0543 e. The van der Waals surface area contributed by atoms with E-state index in [1.165, 1.54) is 38.9 Å². The Hall–Kier alpha value is -3.32. The van der Waals surface area contributed by atoms with Gasteiger partial charge in [-0.3, -0.25) is 0 Å². The molecule has 27 heavy (non-hydrogen) atoms. The van der Waals surface area contributed by atoms with Crippen molar-refractivity contribution in [2.45, 2.75) is 13.8 Å². The van der Waals surface area contributed by atoms with E-state index in [0.29, 0.717) is 0 Å². The largest absolute Gasteiger partial charge is 0.309 e. The lowest BCUT2D eigenvalue weighted by Crippen LogP contribution is -1.97. The Balaban J connectivity index is 2.03. The Kier molecular flexibility index (Phi) is 4.52. The lowest BCUT2D eigenvalue weighted by Gasteiger charge is -2.12. The van der Waals surface area contributed by atoms with E-state index < -0.39 is 0 Å². The third-order valence-electron chi connectivity index (χ3n) is 4.94. The third-order valence-corrected chi connectivity index (χ3v) is 4.94. The molecule has 0 amide bonds. The molecule has 0 atom stereocenters. The van der Waals surface area contributed by atoms with Crippen LogP contribution in [0.4, 0.5) is 0 Å². The highest BCUT2D eigenvalue weighted by molar-refractivity contribution is 5.95. The van der Waals surface area contributed by atoms with Crippen LogP contribution in [-0.2, 0) is 0 Å². The van der Waals surface area contributed by atoms with E-state index in [1.807, 2.05) is 6.08 Å². The molecule has 0 unspecified atom stereocenters. The summed E-state index contributed by atoms with van der Waals surface area (Å²) < 4.78 is 2.34. The molecule has 0 N–H and O–H groups in total. The van der Waals surface area contributed by atoms with Gasteiger partial charge in [0.2, 0.25) is 0 Å². The summed E-state index contributed by atoms with van der Waals surface area (Å²) in [5, 5.41) is 1.23. The molecule has 4 aromatic rings. The van der Waals surface area contributed by atoms with Crippen LogP contribution in [-0.4, -0.2) is 4.57 Å². The van der Waals surface area contributed by atoms with Crippen LogP contribution in [0.25, 0.3) is 39.9 Å². The molecule has 0 aliphatic heterocycles. The fraction of sp³-hybridized carbons (Fsp3) is 0.0769. The SMILES string of the molecule is C=Cc1c(/C=C\C)n(-c2cccc(-c3ccccc3)c2)c2cc(C)ccc12. The maximum atomic E-state index is 4.07. The number of fused-ring (bicyclic) bond motifs is 1. The molecule has 0 radical (unpaired) electrons. The number of benzene rings is 3. The molecular formula is C26H23N. The summed E-state index contributed by atoms with van der Waals surface area (Å²) in [6, 6.07) is 25.9. The second-order valence-electron chi connectivity index (χ2n) is 6.78. The van der Waals surface area contributed by atoms with Crippen molar-refractivity contribution in [2.24, 2.45) is 0 Å². The zero-order valence-electron chi connectivity index (χ0n) is 15.8. The number of aromatic nitrogens is 1. The first-order valence-electron chi connectivity index (χ1n) is 9.29. The Labute approximate surface area is 160 Å². The van der Waals surface area contributed by atoms with E-state index in [4.69, 9.17) is 0 Å². The van der Waals surface area contributed by atoms with Gasteiger partial charge in [0.05, 0.1) is 11.2 Å². The van der Waals surface area contributed by atoms with Gasteiger partial charge in [-0.05, 0) is 54.8 Å². The number of hydrogen-bond donors (Lipinski definition) is 0. The molecule has 0 aliphatic rings. The molecule has 0 fully saturated rings. The van der Waals surface area contributed by atoms with Crippen molar-refractivity contribution in [3.8, 4) is 16.8 Å². The predicted molar refractivity (Wildman–Crippen MR) is 118 cm³/mol. The second-order valence-corrected chi connectivity index (χ2v) is 6.78. The summed E-state index contributed by atoms with van der Waals surface area (Å²) in [6.45, 7) is 8.27. The number of rotatable bonds is 4. The van der Waals surface area contributed by atoms with Crippen molar-refractivity contribution >= 4 is 23.1 Å². The van der Waals surface area contributed by atoms with Crippen LogP contribution in [0.15, 0.2) is 85.5 Å². The van der Waals surface area contributed by atoms with Crippen LogP contribution in [0.3, 0.4) is 0 Å². The van der Waals surface area contributed by atoms with Crippen molar-refractivity contribution in [3.63, 3.8) is 0 Å². The van der Waals surface area contributed by atoms with Gasteiger partial charge in [0.25, 0.3) is 0 Å². The molecule has 1 aromatic heterocycles. The van der Waals surface area contributed by atoms with Crippen LogP contribution >= 0.6 is 0 Å². The van der Waals surface area contributed by atoms with Gasteiger partial charge in [0.1, 0.15) is 0 Å². The average molecular weight is 349 g/mol. The predicted octanol–water partition coefficient (Wildman–Crippen LogP) is 7.28. The van der Waals surface area contributed by atoms with E-state index >= 15 is 0 Å². The molecule has 1 heterocycles. The van der Waals surface area contributed by atoms with Gasteiger partial charge in [-0.15, -0.1) is 0 Å². The maximum absolute atomic E-state index is 4.07. The Bertz CT molecular complexity index is 1140. The van der Waals surface area contributed by atoms with Crippen molar-refractivity contribution in [3.05, 3.63) is 102 Å². The van der Waals surface area contributed by atoms with Crippen molar-refractivity contribution in [1.82, 2.24) is 4.57 Å². The van der Waals surface area contributed by atoms with Crippen LogP contribution in [0.2, 0.25) is 0 Å². The molecule has 0 saturated heterocycles. The Morgan fingerprint density at radius 1 is 0.852 bits per heavy atom. The average Bonchev–Trinajstić information content (AvgIpc) is 3.01. The minimum absolute atomic E-state index is 1.16. The quantitative estimate of drug-likeness (QED) is 0.365. The van der Waals surface area contributed by atoms with Gasteiger partial charge in [0.15, 0.2) is 0 Å². The van der Waals surface area contributed by atoms with E-state index in [1.54, 1.807) is 0 Å². The topological polar surface area (TPSA) is 4.93 Å². The van der Waals surface area contributed by atoms with E-state index in [0.717, 1.165) is 5.69 Å². The van der Waals surface area contributed by atoms with E-state index in [2.05, 4.69) is 110 Å². The summed E-state index contributed by atoms with van der Waals surface area (Å²) in [7, 11) is 0. The van der Waals surface area contributed by atoms with E-state index in [9.17, 15) is 0 Å². The molecular weight excluding hydrogens is 326 g/mol. The first kappa shape index (κ1) is 17.1. The second kappa shape index (κ2) is 7.13. The van der Waals surface area contributed by atoms with Gasteiger partial charge in [0, 0.05) is 16.6 Å². The minimum Gasteiger partial charge on any atom is -0.309 e. The molecule has 1 heteroatoms. The lowest BCUT2D eigenvalue weighted by molar-refractivity contribution is 1.10. The number of hydrogen-bond acceptors (Lipinski definition) is 0. The zero-order valence-corrected chi connectivity index (χ0v) is 15.8. The van der Waals surface area contributed by atoms with Gasteiger partial charge in [-0.25, -0.2) is 0 Å². The normalized spacial score (nSPS) is 11.3. The van der Waals surface area contributed by atoms with Crippen molar-refractivity contribution < 1.29 is 0 Å². The summed E-state index contributed by atoms with van der Waals surface area (Å²) in [5.74, 6) is 0. The Morgan fingerprint density at radius 2 is 1.63 bits per heavy atom. The van der Waals surface area contributed by atoms with Crippen molar-refractivity contribution in [1.29, 1.82) is 0 Å². The standard InChI is InChI=1S/C26H23N/c1-4-10-25-23(5-2)24-16-15-19(3)17-26(24)27(25)22-14-9-13-21(18-22)20-11-7-6-8-12-20/h4-18H,2H2,1,3H3/b10-4-. The Morgan fingerprint density at radius 3 is 2.37 bits per heavy atom. The molecule has 0 bridgehead atoms. The van der Waals surface area contributed by atoms with Gasteiger partial charge in [-0.1, -0.05) is 73.3 Å². The first-order chi connectivity index (χ1) is 13.2. The summed E-state index contributed by atoms with van der Waals surface area (Å²) in [5.41, 5.74) is 8.41. The molecule has 0 aliphatic carbocycles. The highest BCUT2D eigenvalue weighted by Gasteiger charge is 2.15. The third kappa shape index (κ3) is 3.02. The van der Waals surface area contributed by atoms with Crippen molar-refractivity contribution in [2.75, 3.05) is 0 Å².